The monoisotopic (exact) mass is 361 g/mol. The van der Waals surface area contributed by atoms with Crippen molar-refractivity contribution in [3.63, 3.8) is 0 Å². The molecule has 0 unspecified atom stereocenters. The second-order valence-electron chi connectivity index (χ2n) is 8.90. The Labute approximate surface area is 152 Å². The maximum atomic E-state index is 12.0. The zero-order valence-corrected chi connectivity index (χ0v) is 14.8. The standard InChI is InChI=1S/C20H25NO4.H2O/c22-13-4-3-12-9-15-20(24)6-5-14(23)18-19(20,16(12)17(13)25-18)7-8-21(15)10-11-1-2-11;/h3-4,11,14-15,18,22-24H,1-2,5-10H2;1H2/t14-,15-,18+,19+,20-;/m1./s1. The molecule has 142 valence electrons. The summed E-state index contributed by atoms with van der Waals surface area (Å²) in [7, 11) is 0. The molecule has 0 amide bonds. The van der Waals surface area contributed by atoms with Crippen LogP contribution in [0.25, 0.3) is 0 Å². The number of nitrogens with zero attached hydrogens (tertiary/aromatic N) is 1. The van der Waals surface area contributed by atoms with Crippen molar-refractivity contribution in [1.29, 1.82) is 0 Å². The number of piperidine rings is 1. The van der Waals surface area contributed by atoms with Gasteiger partial charge in [-0.15, -0.1) is 0 Å². The van der Waals surface area contributed by atoms with Crippen LogP contribution in [0, 0.1) is 5.92 Å². The quantitative estimate of drug-likeness (QED) is 0.711. The third-order valence-electron chi connectivity index (χ3n) is 7.73. The molecule has 3 aliphatic carbocycles. The Morgan fingerprint density at radius 2 is 2.00 bits per heavy atom. The Bertz CT molecular complexity index is 765. The summed E-state index contributed by atoms with van der Waals surface area (Å²) in [6.07, 6.45) is 4.35. The van der Waals surface area contributed by atoms with Crippen LogP contribution in [-0.4, -0.2) is 62.6 Å². The molecule has 0 radical (unpaired) electrons. The molecule has 26 heavy (non-hydrogen) atoms. The molecule has 1 aromatic carbocycles. The van der Waals surface area contributed by atoms with Gasteiger partial charge in [0.15, 0.2) is 11.5 Å². The van der Waals surface area contributed by atoms with Gasteiger partial charge in [0, 0.05) is 18.2 Å². The lowest BCUT2D eigenvalue weighted by molar-refractivity contribution is -0.208. The summed E-state index contributed by atoms with van der Waals surface area (Å²) in [5, 5.41) is 33.1. The van der Waals surface area contributed by atoms with Gasteiger partial charge < -0.3 is 25.5 Å². The predicted molar refractivity (Wildman–Crippen MR) is 94.4 cm³/mol. The summed E-state index contributed by atoms with van der Waals surface area (Å²) in [5.74, 6) is 1.44. The minimum atomic E-state index is -0.879. The topological polar surface area (TPSA) is 105 Å². The van der Waals surface area contributed by atoms with Crippen molar-refractivity contribution in [2.75, 3.05) is 13.1 Å². The molecule has 6 nitrogen and oxygen atoms in total. The van der Waals surface area contributed by atoms with Gasteiger partial charge in [-0.2, -0.15) is 0 Å². The molecule has 2 heterocycles. The zero-order chi connectivity index (χ0) is 17.0. The van der Waals surface area contributed by atoms with Crippen LogP contribution in [0.2, 0.25) is 0 Å². The lowest BCUT2D eigenvalue weighted by Crippen LogP contribution is -2.77. The number of likely N-dealkylation sites (tertiary alicyclic amines) is 1. The Morgan fingerprint density at radius 3 is 2.77 bits per heavy atom. The number of aromatic hydroxyl groups is 1. The van der Waals surface area contributed by atoms with Gasteiger partial charge in [-0.25, -0.2) is 0 Å². The van der Waals surface area contributed by atoms with E-state index in [4.69, 9.17) is 4.74 Å². The summed E-state index contributed by atoms with van der Waals surface area (Å²) < 4.78 is 6.14. The van der Waals surface area contributed by atoms with Gasteiger partial charge in [-0.1, -0.05) is 6.07 Å². The van der Waals surface area contributed by atoms with E-state index in [0.29, 0.717) is 18.6 Å². The van der Waals surface area contributed by atoms with Crippen molar-refractivity contribution in [2.45, 2.75) is 67.8 Å². The number of aliphatic hydroxyl groups excluding tert-OH is 1. The Hall–Kier alpha value is -1.34. The van der Waals surface area contributed by atoms with Crippen molar-refractivity contribution in [1.82, 2.24) is 4.90 Å². The Morgan fingerprint density at radius 1 is 1.19 bits per heavy atom. The first-order chi connectivity index (χ1) is 12.0. The van der Waals surface area contributed by atoms with Gasteiger partial charge in [-0.05, 0) is 62.6 Å². The molecular formula is C20H27NO5. The molecule has 1 aromatic rings. The first kappa shape index (κ1) is 16.8. The number of rotatable bonds is 2. The first-order valence-corrected chi connectivity index (χ1v) is 9.71. The number of ether oxygens (including phenoxy) is 1. The van der Waals surface area contributed by atoms with Crippen molar-refractivity contribution < 1.29 is 25.5 Å². The average Bonchev–Trinajstić information content (AvgIpc) is 3.32. The highest BCUT2D eigenvalue weighted by atomic mass is 16.5. The van der Waals surface area contributed by atoms with E-state index in [2.05, 4.69) is 4.90 Å². The smallest absolute Gasteiger partial charge is 0.165 e. The van der Waals surface area contributed by atoms with Gasteiger partial charge in [0.1, 0.15) is 6.10 Å². The molecule has 2 bridgehead atoms. The van der Waals surface area contributed by atoms with Gasteiger partial charge in [0.2, 0.25) is 0 Å². The van der Waals surface area contributed by atoms with Crippen molar-refractivity contribution in [2.24, 2.45) is 5.92 Å². The SMILES string of the molecule is O.Oc1ccc2c3c1O[C@H]1[C@H](O)CC[C@@]4(O)[C@@H](C2)N(CC2CC2)CC[C@]314. The molecule has 0 aromatic heterocycles. The van der Waals surface area contributed by atoms with Crippen LogP contribution in [0.4, 0.5) is 0 Å². The lowest BCUT2D eigenvalue weighted by Gasteiger charge is -2.63. The minimum Gasteiger partial charge on any atom is -0.504 e. The number of phenolic OH excluding ortho intramolecular Hbond substituents is 1. The maximum absolute atomic E-state index is 12.0. The van der Waals surface area contributed by atoms with Crippen molar-refractivity contribution in [3.05, 3.63) is 23.3 Å². The van der Waals surface area contributed by atoms with E-state index in [-0.39, 0.29) is 17.3 Å². The molecular weight excluding hydrogens is 334 g/mol. The minimum absolute atomic E-state index is 0. The van der Waals surface area contributed by atoms with E-state index in [9.17, 15) is 15.3 Å². The number of hydrogen-bond donors (Lipinski definition) is 3. The van der Waals surface area contributed by atoms with Crippen molar-refractivity contribution >= 4 is 0 Å². The Balaban J connectivity index is 0.00000150. The van der Waals surface area contributed by atoms with Crippen molar-refractivity contribution in [3.8, 4) is 11.5 Å². The van der Waals surface area contributed by atoms with E-state index in [1.54, 1.807) is 6.07 Å². The van der Waals surface area contributed by atoms with Crippen LogP contribution >= 0.6 is 0 Å². The van der Waals surface area contributed by atoms with E-state index >= 15 is 0 Å². The number of aliphatic hydroxyl groups is 2. The van der Waals surface area contributed by atoms with Crippen LogP contribution in [0.5, 0.6) is 11.5 Å². The molecule has 5 aliphatic rings. The van der Waals surface area contributed by atoms with Gasteiger partial charge in [0.05, 0.1) is 17.1 Å². The van der Waals surface area contributed by atoms with E-state index in [0.717, 1.165) is 37.4 Å². The van der Waals surface area contributed by atoms with Gasteiger partial charge in [0.25, 0.3) is 0 Å². The van der Waals surface area contributed by atoms with E-state index in [1.165, 1.54) is 18.4 Å². The summed E-state index contributed by atoms with van der Waals surface area (Å²) in [6, 6.07) is 3.79. The second kappa shape index (κ2) is 5.13. The third-order valence-corrected chi connectivity index (χ3v) is 7.73. The zero-order valence-electron chi connectivity index (χ0n) is 14.8. The van der Waals surface area contributed by atoms with Gasteiger partial charge >= 0.3 is 0 Å². The molecule has 5 atom stereocenters. The summed E-state index contributed by atoms with van der Waals surface area (Å²) in [4.78, 5) is 2.51. The highest BCUT2D eigenvalue weighted by molar-refractivity contribution is 5.62. The van der Waals surface area contributed by atoms with Gasteiger partial charge in [-0.3, -0.25) is 4.90 Å². The highest BCUT2D eigenvalue weighted by Gasteiger charge is 2.72. The fraction of sp³-hybridized carbons (Fsp3) is 0.700. The van der Waals surface area contributed by atoms with Crippen LogP contribution in [0.1, 0.15) is 43.2 Å². The normalized spacial score (nSPS) is 42.6. The van der Waals surface area contributed by atoms with Crippen LogP contribution < -0.4 is 4.74 Å². The molecule has 1 spiro atoms. The molecule has 1 saturated heterocycles. The van der Waals surface area contributed by atoms with E-state index in [1.807, 2.05) is 6.07 Å². The summed E-state index contributed by atoms with van der Waals surface area (Å²) in [5.41, 5.74) is 0.716. The fourth-order valence-corrected chi connectivity index (χ4v) is 6.46. The number of hydrogen-bond acceptors (Lipinski definition) is 5. The molecule has 2 saturated carbocycles. The average molecular weight is 361 g/mol. The largest absolute Gasteiger partial charge is 0.504 e. The Kier molecular flexibility index (Phi) is 3.32. The van der Waals surface area contributed by atoms with Crippen LogP contribution in [0.3, 0.4) is 0 Å². The summed E-state index contributed by atoms with van der Waals surface area (Å²) in [6.45, 7) is 2.02. The first-order valence-electron chi connectivity index (χ1n) is 9.71. The fourth-order valence-electron chi connectivity index (χ4n) is 6.46. The highest BCUT2D eigenvalue weighted by Crippen LogP contribution is 2.65. The molecule has 6 rings (SSSR count). The number of phenols is 1. The predicted octanol–water partition coefficient (Wildman–Crippen LogP) is 0.492. The molecule has 5 N–H and O–H groups in total. The molecule has 2 aliphatic heterocycles. The molecule has 3 fully saturated rings. The number of benzene rings is 1. The third kappa shape index (κ3) is 1.76. The van der Waals surface area contributed by atoms with Crippen LogP contribution in [-0.2, 0) is 11.8 Å². The van der Waals surface area contributed by atoms with E-state index < -0.39 is 23.2 Å². The maximum Gasteiger partial charge on any atom is 0.165 e. The lowest BCUT2D eigenvalue weighted by atomic mass is 9.48. The second-order valence-corrected chi connectivity index (χ2v) is 8.90. The van der Waals surface area contributed by atoms with Crippen LogP contribution in [0.15, 0.2) is 12.1 Å². The summed E-state index contributed by atoms with van der Waals surface area (Å²) >= 11 is 0. The molecule has 6 heteroatoms.